The van der Waals surface area contributed by atoms with Gasteiger partial charge >= 0.3 is 0 Å². The summed E-state index contributed by atoms with van der Waals surface area (Å²) in [4.78, 5) is 0. The largest absolute Gasteiger partial charge is 0.394 e. The number of likely N-dealkylation sites (N-methyl/N-ethyl adjacent to an activating group) is 1. The van der Waals surface area contributed by atoms with Crippen molar-refractivity contribution in [3.63, 3.8) is 0 Å². The van der Waals surface area contributed by atoms with E-state index in [1.54, 1.807) is 7.05 Å². The van der Waals surface area contributed by atoms with Crippen LogP contribution < -0.4 is 0 Å². The summed E-state index contributed by atoms with van der Waals surface area (Å²) in [5.41, 5.74) is 1.84. The van der Waals surface area contributed by atoms with Crippen LogP contribution in [0, 0.1) is 0 Å². The number of aliphatic hydroxyl groups excluding tert-OH is 2. The van der Waals surface area contributed by atoms with Crippen molar-refractivity contribution in [1.82, 2.24) is 4.42 Å². The first-order valence-corrected chi connectivity index (χ1v) is 9.61. The maximum absolute atomic E-state index is 9.56. The molecule has 0 saturated heterocycles. The maximum Gasteiger partial charge on any atom is 0.0822 e. The standard InChI is InChI=1S/C20H34ClNO2/c1-3-4-5-6-7-8-9-18-10-12-19(13-11-18)14-15-20(16-23,17-24)22(2)21/h10-13,23-24H,3-9,14-17H2,1-2H3. The number of halogens is 1. The first-order valence-electron chi connectivity index (χ1n) is 9.27. The lowest BCUT2D eigenvalue weighted by Crippen LogP contribution is -2.48. The van der Waals surface area contributed by atoms with Crippen LogP contribution in [0.1, 0.15) is 63.0 Å². The van der Waals surface area contributed by atoms with E-state index in [9.17, 15) is 10.2 Å². The number of hydrogen-bond acceptors (Lipinski definition) is 3. The molecule has 4 heteroatoms. The van der Waals surface area contributed by atoms with Crippen molar-refractivity contribution in [3.8, 4) is 0 Å². The zero-order valence-electron chi connectivity index (χ0n) is 15.3. The Balaban J connectivity index is 2.39. The van der Waals surface area contributed by atoms with Gasteiger partial charge in [-0.3, -0.25) is 0 Å². The second-order valence-corrected chi connectivity index (χ2v) is 7.36. The minimum atomic E-state index is -0.765. The third-order valence-corrected chi connectivity index (χ3v) is 5.32. The number of hydrogen-bond donors (Lipinski definition) is 2. The van der Waals surface area contributed by atoms with E-state index in [4.69, 9.17) is 11.8 Å². The van der Waals surface area contributed by atoms with Crippen LogP contribution in [-0.2, 0) is 12.8 Å². The van der Waals surface area contributed by atoms with E-state index in [2.05, 4.69) is 31.2 Å². The van der Waals surface area contributed by atoms with E-state index < -0.39 is 5.54 Å². The SMILES string of the molecule is CCCCCCCCc1ccc(CCC(CO)(CO)N(C)Cl)cc1. The normalized spacial score (nSPS) is 12.1. The fourth-order valence-corrected chi connectivity index (χ4v) is 3.11. The number of nitrogens with zero attached hydrogens (tertiary/aromatic N) is 1. The fourth-order valence-electron chi connectivity index (χ4n) is 2.92. The first-order chi connectivity index (χ1) is 11.6. The Hall–Kier alpha value is -0.610. The van der Waals surface area contributed by atoms with E-state index >= 15 is 0 Å². The Morgan fingerprint density at radius 2 is 1.38 bits per heavy atom. The molecule has 0 aromatic heterocycles. The van der Waals surface area contributed by atoms with Gasteiger partial charge in [0.2, 0.25) is 0 Å². The monoisotopic (exact) mass is 355 g/mol. The number of aryl methyl sites for hydroxylation is 2. The van der Waals surface area contributed by atoms with Crippen molar-refractivity contribution < 1.29 is 10.2 Å². The summed E-state index contributed by atoms with van der Waals surface area (Å²) in [5.74, 6) is 0. The van der Waals surface area contributed by atoms with Crippen LogP contribution in [0.2, 0.25) is 0 Å². The van der Waals surface area contributed by atoms with E-state index in [0.29, 0.717) is 6.42 Å². The molecule has 0 aliphatic carbocycles. The molecule has 0 aliphatic rings. The molecular formula is C20H34ClNO2. The number of aliphatic hydroxyl groups is 2. The number of unbranched alkanes of at least 4 members (excludes halogenated alkanes) is 5. The molecule has 0 atom stereocenters. The molecular weight excluding hydrogens is 322 g/mol. The summed E-state index contributed by atoms with van der Waals surface area (Å²) in [6.07, 6.45) is 10.5. The number of benzene rings is 1. The molecule has 0 unspecified atom stereocenters. The average Bonchev–Trinajstić information content (AvgIpc) is 2.60. The molecule has 1 aromatic carbocycles. The quantitative estimate of drug-likeness (QED) is 0.409. The molecule has 0 spiro atoms. The van der Waals surface area contributed by atoms with E-state index in [0.717, 1.165) is 12.8 Å². The molecule has 0 amide bonds. The van der Waals surface area contributed by atoms with Crippen molar-refractivity contribution in [1.29, 1.82) is 0 Å². The molecule has 1 rings (SSSR count). The molecule has 0 aliphatic heterocycles. The van der Waals surface area contributed by atoms with Crippen molar-refractivity contribution in [2.45, 2.75) is 70.3 Å². The van der Waals surface area contributed by atoms with Gasteiger partial charge in [-0.2, -0.15) is 0 Å². The van der Waals surface area contributed by atoms with Gasteiger partial charge in [-0.15, -0.1) is 0 Å². The lowest BCUT2D eigenvalue weighted by atomic mass is 9.92. The van der Waals surface area contributed by atoms with Gasteiger partial charge in [-0.05, 0) is 48.6 Å². The molecule has 0 radical (unpaired) electrons. The third kappa shape index (κ3) is 7.10. The zero-order chi connectivity index (χ0) is 17.8. The minimum Gasteiger partial charge on any atom is -0.394 e. The molecule has 138 valence electrons. The van der Waals surface area contributed by atoms with Crippen molar-refractivity contribution in [3.05, 3.63) is 35.4 Å². The highest BCUT2D eigenvalue weighted by Crippen LogP contribution is 2.22. The summed E-state index contributed by atoms with van der Waals surface area (Å²) < 4.78 is 1.40. The third-order valence-electron chi connectivity index (χ3n) is 4.96. The van der Waals surface area contributed by atoms with E-state index in [-0.39, 0.29) is 13.2 Å². The summed E-state index contributed by atoms with van der Waals surface area (Å²) in [6.45, 7) is 1.94. The summed E-state index contributed by atoms with van der Waals surface area (Å²) in [6, 6.07) is 8.71. The lowest BCUT2D eigenvalue weighted by molar-refractivity contribution is 0.0416. The minimum absolute atomic E-state index is 0.153. The Labute approximate surface area is 152 Å². The van der Waals surface area contributed by atoms with Crippen LogP contribution in [-0.4, -0.2) is 40.4 Å². The molecule has 24 heavy (non-hydrogen) atoms. The fraction of sp³-hybridized carbons (Fsp3) is 0.700. The van der Waals surface area contributed by atoms with Crippen LogP contribution in [0.15, 0.2) is 24.3 Å². The Morgan fingerprint density at radius 1 is 0.875 bits per heavy atom. The summed E-state index contributed by atoms with van der Waals surface area (Å²) in [7, 11) is 1.68. The first kappa shape index (κ1) is 21.4. The average molecular weight is 356 g/mol. The highest BCUT2D eigenvalue weighted by Gasteiger charge is 2.32. The van der Waals surface area contributed by atoms with Gasteiger partial charge in [0, 0.05) is 7.05 Å². The Bertz CT molecular complexity index is 430. The van der Waals surface area contributed by atoms with E-state index in [1.165, 1.54) is 54.1 Å². The van der Waals surface area contributed by atoms with Gasteiger partial charge in [0.15, 0.2) is 0 Å². The summed E-state index contributed by atoms with van der Waals surface area (Å²) >= 11 is 6.01. The topological polar surface area (TPSA) is 43.7 Å². The van der Waals surface area contributed by atoms with Gasteiger partial charge < -0.3 is 10.2 Å². The van der Waals surface area contributed by atoms with Crippen LogP contribution >= 0.6 is 11.8 Å². The molecule has 1 aromatic rings. The molecule has 0 bridgehead atoms. The molecule has 0 heterocycles. The van der Waals surface area contributed by atoms with Gasteiger partial charge in [0.25, 0.3) is 0 Å². The van der Waals surface area contributed by atoms with Crippen LogP contribution in [0.3, 0.4) is 0 Å². The predicted octanol–water partition coefficient (Wildman–Crippen LogP) is 4.33. The Kier molecular flexibility index (Phi) is 10.6. The van der Waals surface area contributed by atoms with Gasteiger partial charge in [-0.25, -0.2) is 4.42 Å². The highest BCUT2D eigenvalue weighted by molar-refractivity contribution is 6.13. The van der Waals surface area contributed by atoms with Gasteiger partial charge in [0.1, 0.15) is 0 Å². The van der Waals surface area contributed by atoms with Crippen molar-refractivity contribution in [2.24, 2.45) is 0 Å². The van der Waals surface area contributed by atoms with Crippen molar-refractivity contribution in [2.75, 3.05) is 20.3 Å². The highest BCUT2D eigenvalue weighted by atomic mass is 35.5. The smallest absolute Gasteiger partial charge is 0.0822 e. The number of rotatable bonds is 13. The lowest BCUT2D eigenvalue weighted by Gasteiger charge is -2.34. The molecule has 2 N–H and O–H groups in total. The van der Waals surface area contributed by atoms with Gasteiger partial charge in [0.05, 0.1) is 18.8 Å². The molecule has 0 fully saturated rings. The van der Waals surface area contributed by atoms with Crippen LogP contribution in [0.5, 0.6) is 0 Å². The second kappa shape index (κ2) is 11.9. The maximum atomic E-state index is 9.56. The molecule has 3 nitrogen and oxygen atoms in total. The Morgan fingerprint density at radius 3 is 1.88 bits per heavy atom. The zero-order valence-corrected chi connectivity index (χ0v) is 16.1. The van der Waals surface area contributed by atoms with E-state index in [1.807, 2.05) is 0 Å². The molecule has 0 saturated carbocycles. The summed E-state index contributed by atoms with van der Waals surface area (Å²) in [5, 5.41) is 19.1. The van der Waals surface area contributed by atoms with Crippen LogP contribution in [0.25, 0.3) is 0 Å². The van der Waals surface area contributed by atoms with Crippen LogP contribution in [0.4, 0.5) is 0 Å². The van der Waals surface area contributed by atoms with Crippen molar-refractivity contribution >= 4 is 11.8 Å². The predicted molar refractivity (Wildman–Crippen MR) is 102 cm³/mol. The van der Waals surface area contributed by atoms with Gasteiger partial charge in [-0.1, -0.05) is 63.3 Å². The second-order valence-electron chi connectivity index (χ2n) is 6.85.